The summed E-state index contributed by atoms with van der Waals surface area (Å²) in [5, 5.41) is 0. The van der Waals surface area contributed by atoms with E-state index in [2.05, 4.69) is 4.98 Å². The van der Waals surface area contributed by atoms with Crippen LogP contribution >= 0.6 is 0 Å². The number of rotatable bonds is 0. The maximum absolute atomic E-state index is 11.4. The van der Waals surface area contributed by atoms with Crippen LogP contribution in [0.25, 0.3) is 0 Å². The molecule has 0 spiro atoms. The standard InChI is InChI=1S/C10H9NO/c12-10-4-6-3-8(10)7-1-2-11-5-9(6)7/h1-2,5-6,8H,3-4H2/t6-,8-/m0/s1. The third kappa shape index (κ3) is 0.607. The Hall–Kier alpha value is -1.18. The van der Waals surface area contributed by atoms with Gasteiger partial charge in [0.15, 0.2) is 0 Å². The molecule has 1 fully saturated rings. The second kappa shape index (κ2) is 1.94. The summed E-state index contributed by atoms with van der Waals surface area (Å²) in [5.74, 6) is 1.14. The lowest BCUT2D eigenvalue weighted by Crippen LogP contribution is -2.08. The van der Waals surface area contributed by atoms with E-state index >= 15 is 0 Å². The molecule has 2 atom stereocenters. The first kappa shape index (κ1) is 6.35. The van der Waals surface area contributed by atoms with Crippen molar-refractivity contribution >= 4 is 5.78 Å². The van der Waals surface area contributed by atoms with Crippen LogP contribution in [-0.2, 0) is 4.79 Å². The number of nitrogens with zero attached hydrogens (tertiary/aromatic N) is 1. The number of aromatic nitrogens is 1. The number of pyridine rings is 1. The number of hydrogen-bond acceptors (Lipinski definition) is 2. The summed E-state index contributed by atoms with van der Waals surface area (Å²) < 4.78 is 0. The molecule has 0 aromatic carbocycles. The largest absolute Gasteiger partial charge is 0.299 e. The average molecular weight is 159 g/mol. The number of carbonyl (C=O) groups excluding carboxylic acids is 1. The number of carbonyl (C=O) groups is 1. The van der Waals surface area contributed by atoms with Gasteiger partial charge in [-0.2, -0.15) is 0 Å². The van der Waals surface area contributed by atoms with E-state index in [0.717, 1.165) is 12.8 Å². The van der Waals surface area contributed by atoms with Crippen molar-refractivity contribution in [2.45, 2.75) is 24.7 Å². The zero-order valence-corrected chi connectivity index (χ0v) is 6.66. The fourth-order valence-corrected chi connectivity index (χ4v) is 2.50. The first-order valence-corrected chi connectivity index (χ1v) is 4.33. The number of fused-ring (bicyclic) bond motifs is 5. The van der Waals surface area contributed by atoms with Crippen LogP contribution in [0.4, 0.5) is 0 Å². The molecule has 0 unspecified atom stereocenters. The van der Waals surface area contributed by atoms with Crippen molar-refractivity contribution in [2.75, 3.05) is 0 Å². The second-order valence-corrected chi connectivity index (χ2v) is 3.66. The van der Waals surface area contributed by atoms with Crippen LogP contribution in [0.5, 0.6) is 0 Å². The van der Waals surface area contributed by atoms with Gasteiger partial charge in [0.2, 0.25) is 0 Å². The van der Waals surface area contributed by atoms with E-state index in [-0.39, 0.29) is 5.92 Å². The van der Waals surface area contributed by atoms with E-state index in [1.165, 1.54) is 11.1 Å². The Balaban J connectivity index is 2.23. The van der Waals surface area contributed by atoms with Crippen LogP contribution in [0, 0.1) is 0 Å². The van der Waals surface area contributed by atoms with Crippen LogP contribution in [-0.4, -0.2) is 10.8 Å². The van der Waals surface area contributed by atoms with Crippen LogP contribution in [0.15, 0.2) is 18.5 Å². The molecule has 12 heavy (non-hydrogen) atoms. The van der Waals surface area contributed by atoms with Crippen molar-refractivity contribution < 1.29 is 4.79 Å². The Kier molecular flexibility index (Phi) is 1.03. The Morgan fingerprint density at radius 2 is 2.33 bits per heavy atom. The monoisotopic (exact) mass is 159 g/mol. The third-order valence-electron chi connectivity index (χ3n) is 3.06. The number of ketones is 1. The van der Waals surface area contributed by atoms with E-state index in [9.17, 15) is 4.79 Å². The van der Waals surface area contributed by atoms with Gasteiger partial charge in [-0.15, -0.1) is 0 Å². The van der Waals surface area contributed by atoms with Gasteiger partial charge in [0.05, 0.1) is 0 Å². The van der Waals surface area contributed by atoms with Gasteiger partial charge in [-0.1, -0.05) is 0 Å². The van der Waals surface area contributed by atoms with E-state index in [0.29, 0.717) is 11.7 Å². The van der Waals surface area contributed by atoms with Gasteiger partial charge in [0.1, 0.15) is 5.78 Å². The van der Waals surface area contributed by atoms with Crippen molar-refractivity contribution in [2.24, 2.45) is 0 Å². The van der Waals surface area contributed by atoms with Crippen LogP contribution in [0.3, 0.4) is 0 Å². The van der Waals surface area contributed by atoms with Crippen LogP contribution < -0.4 is 0 Å². The molecular formula is C10H9NO. The van der Waals surface area contributed by atoms with Gasteiger partial charge < -0.3 is 0 Å². The molecule has 2 bridgehead atoms. The summed E-state index contributed by atoms with van der Waals surface area (Å²) in [6.07, 6.45) is 5.50. The lowest BCUT2D eigenvalue weighted by Gasteiger charge is -2.12. The van der Waals surface area contributed by atoms with Gasteiger partial charge in [0, 0.05) is 24.7 Å². The minimum absolute atomic E-state index is 0.216. The Bertz CT molecular complexity index is 359. The normalized spacial score (nSPS) is 30.8. The Labute approximate surface area is 70.6 Å². The number of hydrogen-bond donors (Lipinski definition) is 0. The molecular weight excluding hydrogens is 150 g/mol. The lowest BCUT2D eigenvalue weighted by atomic mass is 9.93. The summed E-state index contributed by atoms with van der Waals surface area (Å²) in [6.45, 7) is 0. The molecule has 0 saturated heterocycles. The highest BCUT2D eigenvalue weighted by atomic mass is 16.1. The van der Waals surface area contributed by atoms with Crippen molar-refractivity contribution in [3.8, 4) is 0 Å². The average Bonchev–Trinajstić information content (AvgIpc) is 2.62. The Morgan fingerprint density at radius 1 is 1.42 bits per heavy atom. The molecule has 0 aliphatic heterocycles. The van der Waals surface area contributed by atoms with Gasteiger partial charge in [-0.3, -0.25) is 9.78 Å². The smallest absolute Gasteiger partial charge is 0.140 e. The molecule has 1 heterocycles. The van der Waals surface area contributed by atoms with Crippen molar-refractivity contribution in [3.63, 3.8) is 0 Å². The molecule has 1 aromatic rings. The topological polar surface area (TPSA) is 30.0 Å². The van der Waals surface area contributed by atoms with E-state index in [4.69, 9.17) is 0 Å². The summed E-state index contributed by atoms with van der Waals surface area (Å²) in [7, 11) is 0. The molecule has 3 rings (SSSR count). The molecule has 2 nitrogen and oxygen atoms in total. The molecule has 1 saturated carbocycles. The molecule has 0 radical (unpaired) electrons. The summed E-state index contributed by atoms with van der Waals surface area (Å²) in [6, 6.07) is 2.00. The minimum Gasteiger partial charge on any atom is -0.299 e. The first-order chi connectivity index (χ1) is 5.86. The highest BCUT2D eigenvalue weighted by Crippen LogP contribution is 2.50. The molecule has 1 aromatic heterocycles. The van der Waals surface area contributed by atoms with Crippen molar-refractivity contribution in [1.29, 1.82) is 0 Å². The van der Waals surface area contributed by atoms with Crippen molar-refractivity contribution in [3.05, 3.63) is 29.6 Å². The zero-order valence-electron chi connectivity index (χ0n) is 6.66. The maximum atomic E-state index is 11.4. The first-order valence-electron chi connectivity index (χ1n) is 4.33. The fraction of sp³-hybridized carbons (Fsp3) is 0.400. The van der Waals surface area contributed by atoms with E-state index in [1.807, 2.05) is 12.3 Å². The van der Waals surface area contributed by atoms with Crippen LogP contribution in [0.2, 0.25) is 0 Å². The molecule has 60 valence electrons. The molecule has 2 heteroatoms. The molecule has 2 aliphatic carbocycles. The molecule has 0 N–H and O–H groups in total. The molecule has 2 aliphatic rings. The minimum atomic E-state index is 0.216. The summed E-state index contributed by atoms with van der Waals surface area (Å²) in [4.78, 5) is 15.5. The predicted octanol–water partition coefficient (Wildman–Crippen LogP) is 1.63. The SMILES string of the molecule is O=C1C[C@@H]2C[C@H]1c1ccncc12. The van der Waals surface area contributed by atoms with E-state index in [1.54, 1.807) is 6.20 Å². The summed E-state index contributed by atoms with van der Waals surface area (Å²) in [5.41, 5.74) is 2.56. The molecule has 0 amide bonds. The van der Waals surface area contributed by atoms with E-state index < -0.39 is 0 Å². The van der Waals surface area contributed by atoms with Gasteiger partial charge >= 0.3 is 0 Å². The van der Waals surface area contributed by atoms with Crippen LogP contribution in [0.1, 0.15) is 35.8 Å². The Morgan fingerprint density at radius 3 is 3.25 bits per heavy atom. The van der Waals surface area contributed by atoms with Gasteiger partial charge in [-0.25, -0.2) is 0 Å². The highest BCUT2D eigenvalue weighted by Gasteiger charge is 2.42. The van der Waals surface area contributed by atoms with Crippen molar-refractivity contribution in [1.82, 2.24) is 4.98 Å². The maximum Gasteiger partial charge on any atom is 0.140 e. The zero-order chi connectivity index (χ0) is 8.13. The lowest BCUT2D eigenvalue weighted by molar-refractivity contribution is -0.118. The third-order valence-corrected chi connectivity index (χ3v) is 3.06. The quantitative estimate of drug-likeness (QED) is 0.575. The summed E-state index contributed by atoms with van der Waals surface area (Å²) >= 11 is 0. The van der Waals surface area contributed by atoms with Gasteiger partial charge in [-0.05, 0) is 29.5 Å². The van der Waals surface area contributed by atoms with Gasteiger partial charge in [0.25, 0.3) is 0 Å². The predicted molar refractivity (Wildman–Crippen MR) is 44.0 cm³/mol. The second-order valence-electron chi connectivity index (χ2n) is 3.66. The number of Topliss-reactive ketones (excluding diaryl/α,β-unsaturated/α-hetero) is 1. The highest BCUT2D eigenvalue weighted by molar-refractivity contribution is 5.91. The fourth-order valence-electron chi connectivity index (χ4n) is 2.50.